The molecule has 22 nitrogen and oxygen atoms in total. The fourth-order valence-corrected chi connectivity index (χ4v) is 10.3. The van der Waals surface area contributed by atoms with Gasteiger partial charge in [0.15, 0.2) is 36.1 Å². The summed E-state index contributed by atoms with van der Waals surface area (Å²) in [7, 11) is -4.30. The summed E-state index contributed by atoms with van der Waals surface area (Å²) >= 11 is 0. The van der Waals surface area contributed by atoms with Gasteiger partial charge in [0.1, 0.15) is 37.0 Å². The molecule has 0 amide bonds. The number of rotatable bonds is 19. The highest BCUT2D eigenvalue weighted by Gasteiger charge is 2.64. The van der Waals surface area contributed by atoms with Crippen LogP contribution in [0.15, 0.2) is 12.7 Å². The van der Waals surface area contributed by atoms with Gasteiger partial charge in [-0.2, -0.15) is 0 Å². The molecule has 0 saturated carbocycles. The largest absolute Gasteiger partial charge is 0.463 e. The van der Waals surface area contributed by atoms with Gasteiger partial charge in [-0.05, 0) is 27.7 Å². The van der Waals surface area contributed by atoms with Crippen LogP contribution in [-0.4, -0.2) is 153 Å². The van der Waals surface area contributed by atoms with Crippen molar-refractivity contribution in [3.63, 3.8) is 0 Å². The van der Waals surface area contributed by atoms with Gasteiger partial charge in [0.05, 0.1) is 39.1 Å². The zero-order chi connectivity index (χ0) is 42.2. The molecule has 2 saturated heterocycles. The SMILES string of the molecule is CC(=O)OC[C@H]1O[C@@H](OCCOCCOP(=O)(N(C(C)C)C(C)C)[C@]2(n3cnc4c(N)ncnc43)C[C@H](O)[C@@H](CO)O2)[C@H](OC(C)=O)[C@@H](OC(C)=O)[C@H]1OC(C)=O. The lowest BCUT2D eigenvalue weighted by molar-refractivity contribution is -0.309. The zero-order valence-corrected chi connectivity index (χ0v) is 34.1. The standard InChI is InChI=1S/C34H53N6O16P/c1-18(2)40(19(3)4)57(47,34(13-24(46)25(14-41)56-34)39-17-38-27-31(35)36-16-37-32(27)39)51-12-10-48-9-11-49-33-30(54-23(8)45)29(53-22(7)44)28(52-21(6)43)26(55-33)15-50-20(5)42/h16-19,24-26,28-30,33,41,46H,9-15H2,1-8H3,(H2,35,36,37)/t24-,25+,26+,28-,29-,30+,33+,34-,57?/m0/s1. The van der Waals surface area contributed by atoms with E-state index in [9.17, 15) is 29.4 Å². The van der Waals surface area contributed by atoms with Gasteiger partial charge in [-0.25, -0.2) is 19.6 Å². The smallest absolute Gasteiger partial charge is 0.325 e. The van der Waals surface area contributed by atoms with Crippen LogP contribution >= 0.6 is 7.52 Å². The summed E-state index contributed by atoms with van der Waals surface area (Å²) in [5.41, 5.74) is 4.50. The van der Waals surface area contributed by atoms with Crippen LogP contribution in [0.5, 0.6) is 0 Å². The van der Waals surface area contributed by atoms with Crippen molar-refractivity contribution in [2.45, 2.75) is 122 Å². The molecule has 2 aromatic rings. The Morgan fingerprint density at radius 2 is 1.53 bits per heavy atom. The normalized spacial score (nSPS) is 27.4. The fourth-order valence-electron chi connectivity index (χ4n) is 6.93. The number of imidazole rings is 1. The van der Waals surface area contributed by atoms with Crippen LogP contribution < -0.4 is 5.73 Å². The quantitative estimate of drug-likeness (QED) is 0.0756. The average molecular weight is 833 g/mol. The number of hydrogen-bond acceptors (Lipinski definition) is 20. The number of carbonyl (C=O) groups excluding carboxylic acids is 4. The predicted molar refractivity (Wildman–Crippen MR) is 195 cm³/mol. The monoisotopic (exact) mass is 832 g/mol. The van der Waals surface area contributed by atoms with Crippen molar-refractivity contribution in [2.75, 3.05) is 45.4 Å². The summed E-state index contributed by atoms with van der Waals surface area (Å²) in [6.07, 6.45) is -6.90. The van der Waals surface area contributed by atoms with Gasteiger partial charge in [-0.3, -0.25) is 28.3 Å². The second-order valence-corrected chi connectivity index (χ2v) is 16.3. The van der Waals surface area contributed by atoms with Crippen molar-refractivity contribution in [2.24, 2.45) is 0 Å². The maximum atomic E-state index is 15.7. The van der Waals surface area contributed by atoms with Crippen molar-refractivity contribution in [1.82, 2.24) is 24.2 Å². The summed E-state index contributed by atoms with van der Waals surface area (Å²) < 4.78 is 70.3. The third-order valence-corrected chi connectivity index (χ3v) is 12.4. The van der Waals surface area contributed by atoms with E-state index in [2.05, 4.69) is 15.0 Å². The van der Waals surface area contributed by atoms with Gasteiger partial charge < -0.3 is 58.4 Å². The lowest BCUT2D eigenvalue weighted by Gasteiger charge is -2.46. The Morgan fingerprint density at radius 3 is 2.11 bits per heavy atom. The Bertz CT molecular complexity index is 1760. The lowest BCUT2D eigenvalue weighted by atomic mass is 9.98. The van der Waals surface area contributed by atoms with E-state index < -0.39 is 93.0 Å². The highest BCUT2D eigenvalue weighted by molar-refractivity contribution is 7.57. The molecule has 2 aliphatic rings. The maximum absolute atomic E-state index is 15.7. The number of anilines is 1. The van der Waals surface area contributed by atoms with Crippen LogP contribution in [0.3, 0.4) is 0 Å². The Kier molecular flexibility index (Phi) is 15.9. The summed E-state index contributed by atoms with van der Waals surface area (Å²) in [6, 6.07) is -0.765. The van der Waals surface area contributed by atoms with Gasteiger partial charge in [0.2, 0.25) is 5.47 Å². The van der Waals surface area contributed by atoms with Crippen molar-refractivity contribution >= 4 is 48.4 Å². The van der Waals surface area contributed by atoms with E-state index in [1.165, 1.54) is 17.2 Å². The lowest BCUT2D eigenvalue weighted by Crippen LogP contribution is -2.63. The molecule has 2 aromatic heterocycles. The fraction of sp³-hybridized carbons (Fsp3) is 0.735. The molecule has 320 valence electrons. The Labute approximate surface area is 329 Å². The molecule has 4 heterocycles. The van der Waals surface area contributed by atoms with E-state index >= 15 is 4.57 Å². The molecule has 9 atom stereocenters. The number of aromatic nitrogens is 4. The van der Waals surface area contributed by atoms with E-state index in [1.807, 2.05) is 27.7 Å². The van der Waals surface area contributed by atoms with E-state index in [1.54, 1.807) is 4.67 Å². The van der Waals surface area contributed by atoms with Crippen LogP contribution in [0.4, 0.5) is 5.82 Å². The van der Waals surface area contributed by atoms with Crippen molar-refractivity contribution in [1.29, 1.82) is 0 Å². The Hall–Kier alpha value is -3.86. The van der Waals surface area contributed by atoms with Crippen molar-refractivity contribution in [3.8, 4) is 0 Å². The predicted octanol–water partition coefficient (Wildman–Crippen LogP) is 0.606. The maximum Gasteiger partial charge on any atom is 0.325 e. The van der Waals surface area contributed by atoms with Gasteiger partial charge in [0, 0.05) is 46.2 Å². The first kappa shape index (κ1) is 45.8. The van der Waals surface area contributed by atoms with E-state index in [0.29, 0.717) is 0 Å². The van der Waals surface area contributed by atoms with Crippen LogP contribution in [0.25, 0.3) is 11.2 Å². The molecule has 1 unspecified atom stereocenters. The number of hydrogen-bond donors (Lipinski definition) is 3. The number of nitrogens with two attached hydrogens (primary N) is 1. The third-order valence-electron chi connectivity index (χ3n) is 8.92. The molecule has 0 aliphatic carbocycles. The van der Waals surface area contributed by atoms with Crippen LogP contribution in [0.1, 0.15) is 61.8 Å². The molecule has 2 fully saturated rings. The highest BCUT2D eigenvalue weighted by atomic mass is 31.2. The van der Waals surface area contributed by atoms with Crippen molar-refractivity contribution < 1.29 is 76.4 Å². The summed E-state index contributed by atoms with van der Waals surface area (Å²) in [5, 5.41) is 21.2. The minimum absolute atomic E-state index is 0.0610. The molecule has 0 spiro atoms. The van der Waals surface area contributed by atoms with Gasteiger partial charge in [-0.15, -0.1) is 0 Å². The number of nitrogens with zero attached hydrogens (tertiary/aromatic N) is 5. The number of ether oxygens (including phenoxy) is 8. The first-order valence-electron chi connectivity index (χ1n) is 18.3. The number of carbonyl (C=O) groups is 4. The van der Waals surface area contributed by atoms with Crippen molar-refractivity contribution in [3.05, 3.63) is 12.7 Å². The Balaban J connectivity index is 1.54. The molecule has 2 aliphatic heterocycles. The number of aliphatic hydroxyl groups excluding tert-OH is 2. The number of aliphatic hydroxyl groups is 2. The molecule has 57 heavy (non-hydrogen) atoms. The number of esters is 4. The molecule has 4 rings (SSSR count). The zero-order valence-electron chi connectivity index (χ0n) is 33.2. The minimum atomic E-state index is -4.30. The molecule has 4 N–H and O–H groups in total. The summed E-state index contributed by atoms with van der Waals surface area (Å²) in [5.74, 6) is -2.95. The topological polar surface area (TPSA) is 282 Å². The Morgan fingerprint density at radius 1 is 0.912 bits per heavy atom. The van der Waals surface area contributed by atoms with Crippen LogP contribution in [0.2, 0.25) is 0 Å². The van der Waals surface area contributed by atoms with Crippen LogP contribution in [-0.2, 0) is 71.6 Å². The van der Waals surface area contributed by atoms with E-state index in [4.69, 9.17) is 48.2 Å². The number of fused-ring (bicyclic) bond motifs is 1. The molecule has 0 radical (unpaired) electrons. The minimum Gasteiger partial charge on any atom is -0.463 e. The first-order chi connectivity index (χ1) is 26.9. The van der Waals surface area contributed by atoms with Crippen LogP contribution in [0, 0.1) is 0 Å². The number of nitrogen functional groups attached to an aromatic ring is 1. The highest BCUT2D eigenvalue weighted by Crippen LogP contribution is 2.70. The second-order valence-electron chi connectivity index (χ2n) is 13.9. The summed E-state index contributed by atoms with van der Waals surface area (Å²) in [4.78, 5) is 60.5. The third kappa shape index (κ3) is 10.4. The summed E-state index contributed by atoms with van der Waals surface area (Å²) in [6.45, 7) is 10.1. The second kappa shape index (κ2) is 19.7. The molecular formula is C34H53N6O16P. The van der Waals surface area contributed by atoms with Gasteiger partial charge in [-0.1, -0.05) is 0 Å². The molecule has 23 heteroatoms. The van der Waals surface area contributed by atoms with Gasteiger partial charge in [0.25, 0.3) is 0 Å². The molecular weight excluding hydrogens is 779 g/mol. The van der Waals surface area contributed by atoms with E-state index in [-0.39, 0.29) is 61.9 Å². The average Bonchev–Trinajstić information content (AvgIpc) is 3.71. The first-order valence-corrected chi connectivity index (χ1v) is 19.9. The molecule has 0 aromatic carbocycles. The molecule has 0 bridgehead atoms. The van der Waals surface area contributed by atoms with E-state index in [0.717, 1.165) is 27.7 Å². The van der Waals surface area contributed by atoms with Gasteiger partial charge >= 0.3 is 31.4 Å².